The van der Waals surface area contributed by atoms with E-state index in [1.54, 1.807) is 0 Å². The molecule has 0 spiro atoms. The van der Waals surface area contributed by atoms with E-state index in [4.69, 9.17) is 5.11 Å². The number of aliphatic hydroxyl groups is 1. The van der Waals surface area contributed by atoms with E-state index in [1.165, 1.54) is 0 Å². The lowest BCUT2D eigenvalue weighted by Gasteiger charge is -2.10. The molecule has 0 aliphatic rings. The highest BCUT2D eigenvalue weighted by molar-refractivity contribution is 5.66. The summed E-state index contributed by atoms with van der Waals surface area (Å²) < 4.78 is 0. The molecule has 1 unspecified atom stereocenters. The van der Waals surface area contributed by atoms with Gasteiger partial charge in [0.05, 0.1) is 17.5 Å². The highest BCUT2D eigenvalue weighted by atomic mass is 16.4. The van der Waals surface area contributed by atoms with Gasteiger partial charge in [-0.25, -0.2) is 0 Å². The Kier molecular flexibility index (Phi) is 8.36. The van der Waals surface area contributed by atoms with Gasteiger partial charge in [-0.3, -0.25) is 9.78 Å². The van der Waals surface area contributed by atoms with Gasteiger partial charge in [0.25, 0.3) is 0 Å². The second kappa shape index (κ2) is 10.1. The zero-order valence-corrected chi connectivity index (χ0v) is 12.7. The number of aliphatic hydroxyl groups excluding tert-OH is 1. The van der Waals surface area contributed by atoms with Gasteiger partial charge in [-0.2, -0.15) is 0 Å². The third kappa shape index (κ3) is 7.61. The van der Waals surface area contributed by atoms with Crippen LogP contribution in [0, 0.1) is 0 Å². The fourth-order valence-electron chi connectivity index (χ4n) is 2.06. The monoisotopic (exact) mass is 291 g/mol. The van der Waals surface area contributed by atoms with Gasteiger partial charge in [0.15, 0.2) is 0 Å². The van der Waals surface area contributed by atoms with Crippen LogP contribution in [-0.2, 0) is 4.79 Å². The normalized spacial score (nSPS) is 12.7. The number of pyridine rings is 1. The number of aromatic nitrogens is 1. The molecule has 0 bridgehead atoms. The van der Waals surface area contributed by atoms with Crippen LogP contribution in [0.3, 0.4) is 0 Å². The first-order chi connectivity index (χ1) is 10.1. The first-order valence-corrected chi connectivity index (χ1v) is 7.67. The van der Waals surface area contributed by atoms with E-state index in [1.807, 2.05) is 30.4 Å². The third-order valence-electron chi connectivity index (χ3n) is 3.26. The second-order valence-electron chi connectivity index (χ2n) is 5.19. The lowest BCUT2D eigenvalue weighted by atomic mass is 10.1. The molecular weight excluding hydrogens is 266 g/mol. The van der Waals surface area contributed by atoms with Crippen molar-refractivity contribution >= 4 is 12.0 Å². The first-order valence-electron chi connectivity index (χ1n) is 7.67. The molecule has 4 heteroatoms. The number of carbonyl (C=O) groups is 1. The third-order valence-corrected chi connectivity index (χ3v) is 3.26. The predicted molar refractivity (Wildman–Crippen MR) is 83.9 cm³/mol. The number of nitrogens with zero attached hydrogens (tertiary/aromatic N) is 1. The molecule has 1 aromatic heterocycles. The van der Waals surface area contributed by atoms with Crippen LogP contribution in [0.1, 0.15) is 69.4 Å². The lowest BCUT2D eigenvalue weighted by Crippen LogP contribution is -2.01. The summed E-state index contributed by atoms with van der Waals surface area (Å²) >= 11 is 0. The van der Waals surface area contributed by atoms with E-state index < -0.39 is 12.1 Å². The molecule has 1 rings (SSSR count). The molecule has 0 aliphatic heterocycles. The topological polar surface area (TPSA) is 70.4 Å². The first kappa shape index (κ1) is 17.4. The molecule has 1 heterocycles. The van der Waals surface area contributed by atoms with E-state index in [9.17, 15) is 9.90 Å². The minimum Gasteiger partial charge on any atom is -0.481 e. The van der Waals surface area contributed by atoms with Crippen LogP contribution in [-0.4, -0.2) is 21.2 Å². The zero-order valence-electron chi connectivity index (χ0n) is 12.7. The van der Waals surface area contributed by atoms with Crippen LogP contribution in [0.15, 0.2) is 24.3 Å². The molecule has 0 fully saturated rings. The number of carboxylic acid groups (broad SMARTS) is 1. The van der Waals surface area contributed by atoms with Gasteiger partial charge in [-0.1, -0.05) is 38.3 Å². The Hall–Kier alpha value is -1.68. The summed E-state index contributed by atoms with van der Waals surface area (Å²) in [6.07, 6.45) is 8.86. The highest BCUT2D eigenvalue weighted by Crippen LogP contribution is 2.18. The Labute approximate surface area is 126 Å². The molecule has 1 atom stereocenters. The average Bonchev–Trinajstić information content (AvgIpc) is 2.47. The summed E-state index contributed by atoms with van der Waals surface area (Å²) in [7, 11) is 0. The van der Waals surface area contributed by atoms with Crippen molar-refractivity contribution in [3.05, 3.63) is 35.7 Å². The Morgan fingerprint density at radius 3 is 2.86 bits per heavy atom. The smallest absolute Gasteiger partial charge is 0.303 e. The molecule has 116 valence electrons. The fraction of sp³-hybridized carbons (Fsp3) is 0.529. The van der Waals surface area contributed by atoms with Gasteiger partial charge < -0.3 is 10.2 Å². The lowest BCUT2D eigenvalue weighted by molar-refractivity contribution is -0.137. The minimum absolute atomic E-state index is 0.188. The van der Waals surface area contributed by atoms with E-state index in [0.29, 0.717) is 12.1 Å². The van der Waals surface area contributed by atoms with Gasteiger partial charge in [0, 0.05) is 6.42 Å². The van der Waals surface area contributed by atoms with Crippen LogP contribution in [0.5, 0.6) is 0 Å². The molecule has 0 amide bonds. The van der Waals surface area contributed by atoms with Gasteiger partial charge in [0.1, 0.15) is 0 Å². The number of rotatable bonds is 10. The van der Waals surface area contributed by atoms with Crippen molar-refractivity contribution in [3.8, 4) is 0 Å². The standard InChI is InChI=1S/C17H25NO3/c1-2-3-5-12-16(19)15-11-8-10-14(18-15)9-6-4-7-13-17(20)21/h6,8-11,16,19H,2-5,7,12-13H2,1H3,(H,20,21)/b9-6-. The van der Waals surface area contributed by atoms with Crippen molar-refractivity contribution in [2.45, 2.75) is 58.0 Å². The van der Waals surface area contributed by atoms with Gasteiger partial charge in [-0.05, 0) is 37.5 Å². The molecule has 0 aromatic carbocycles. The van der Waals surface area contributed by atoms with Crippen molar-refractivity contribution < 1.29 is 15.0 Å². The Balaban J connectivity index is 2.47. The number of unbranched alkanes of at least 4 members (excludes halogenated alkanes) is 3. The van der Waals surface area contributed by atoms with Crippen LogP contribution < -0.4 is 0 Å². The van der Waals surface area contributed by atoms with Crippen LogP contribution in [0.4, 0.5) is 0 Å². The number of hydrogen-bond acceptors (Lipinski definition) is 3. The maximum absolute atomic E-state index is 10.4. The summed E-state index contributed by atoms with van der Waals surface area (Å²) in [4.78, 5) is 14.8. The molecule has 21 heavy (non-hydrogen) atoms. The van der Waals surface area contributed by atoms with Crippen molar-refractivity contribution in [2.24, 2.45) is 0 Å². The maximum Gasteiger partial charge on any atom is 0.303 e. The summed E-state index contributed by atoms with van der Waals surface area (Å²) in [6, 6.07) is 5.62. The number of hydrogen-bond donors (Lipinski definition) is 2. The van der Waals surface area contributed by atoms with Gasteiger partial charge in [-0.15, -0.1) is 0 Å². The van der Waals surface area contributed by atoms with E-state index >= 15 is 0 Å². The summed E-state index contributed by atoms with van der Waals surface area (Å²) in [5, 5.41) is 18.6. The predicted octanol–water partition coefficient (Wildman–Crippen LogP) is 3.96. The van der Waals surface area contributed by atoms with Crippen molar-refractivity contribution in [1.29, 1.82) is 0 Å². The summed E-state index contributed by atoms with van der Waals surface area (Å²) in [5.74, 6) is -0.765. The second-order valence-corrected chi connectivity index (χ2v) is 5.19. The average molecular weight is 291 g/mol. The van der Waals surface area contributed by atoms with Crippen molar-refractivity contribution in [1.82, 2.24) is 4.98 Å². The Bertz CT molecular complexity index is 457. The number of aliphatic carboxylic acids is 1. The number of allylic oxidation sites excluding steroid dienone is 1. The molecule has 1 aromatic rings. The van der Waals surface area contributed by atoms with Gasteiger partial charge in [0.2, 0.25) is 0 Å². The minimum atomic E-state index is -0.765. The molecule has 0 saturated heterocycles. The maximum atomic E-state index is 10.4. The van der Waals surface area contributed by atoms with Gasteiger partial charge >= 0.3 is 5.97 Å². The van der Waals surface area contributed by atoms with E-state index in [0.717, 1.165) is 37.8 Å². The van der Waals surface area contributed by atoms with Crippen molar-refractivity contribution in [3.63, 3.8) is 0 Å². The number of carboxylic acids is 1. The Morgan fingerprint density at radius 1 is 1.33 bits per heavy atom. The zero-order chi connectivity index (χ0) is 15.5. The molecule has 2 N–H and O–H groups in total. The largest absolute Gasteiger partial charge is 0.481 e. The SMILES string of the molecule is CCCCCC(O)c1cccc(/C=C\CCCC(=O)O)n1. The highest BCUT2D eigenvalue weighted by Gasteiger charge is 2.08. The van der Waals surface area contributed by atoms with Crippen molar-refractivity contribution in [2.75, 3.05) is 0 Å². The summed E-state index contributed by atoms with van der Waals surface area (Å²) in [5.41, 5.74) is 1.51. The molecule has 0 saturated carbocycles. The van der Waals surface area contributed by atoms with Crippen LogP contribution in [0.25, 0.3) is 6.08 Å². The van der Waals surface area contributed by atoms with Crippen LogP contribution in [0.2, 0.25) is 0 Å². The quantitative estimate of drug-likeness (QED) is 0.640. The summed E-state index contributed by atoms with van der Waals surface area (Å²) in [6.45, 7) is 2.14. The van der Waals surface area contributed by atoms with Crippen LogP contribution >= 0.6 is 0 Å². The van der Waals surface area contributed by atoms with E-state index in [-0.39, 0.29) is 6.42 Å². The Morgan fingerprint density at radius 2 is 2.14 bits per heavy atom. The molecular formula is C17H25NO3. The molecule has 4 nitrogen and oxygen atoms in total. The molecule has 0 radical (unpaired) electrons. The van der Waals surface area contributed by atoms with E-state index in [2.05, 4.69) is 11.9 Å². The fourth-order valence-corrected chi connectivity index (χ4v) is 2.06. The molecule has 0 aliphatic carbocycles.